The van der Waals surface area contributed by atoms with E-state index >= 15 is 0 Å². The first-order valence-electron chi connectivity index (χ1n) is 6.27. The molecular weight excluding hydrogens is 201 g/mol. The number of unbranched alkanes of at least 4 members (excludes halogenated alkanes) is 5. The molecule has 0 amide bonds. The smallest absolute Gasteiger partial charge is 0.123 e. The molecule has 0 aliphatic carbocycles. The number of halogens is 1. The van der Waals surface area contributed by atoms with Gasteiger partial charge in [-0.15, -0.1) is 0 Å². The minimum atomic E-state index is -0.148. The van der Waals surface area contributed by atoms with Crippen molar-refractivity contribution in [2.75, 3.05) is 6.54 Å². The van der Waals surface area contributed by atoms with Crippen molar-refractivity contribution >= 4 is 0 Å². The Balaban J connectivity index is 2.01. The summed E-state index contributed by atoms with van der Waals surface area (Å²) in [5.41, 5.74) is 6.67. The maximum atomic E-state index is 12.6. The van der Waals surface area contributed by atoms with E-state index in [-0.39, 0.29) is 5.82 Å². The third-order valence-electron chi connectivity index (χ3n) is 2.83. The van der Waals surface area contributed by atoms with E-state index in [2.05, 4.69) is 0 Å². The Hall–Kier alpha value is -0.890. The topological polar surface area (TPSA) is 26.0 Å². The fourth-order valence-corrected chi connectivity index (χ4v) is 1.83. The summed E-state index contributed by atoms with van der Waals surface area (Å²) in [5.74, 6) is -0.148. The number of rotatable bonds is 8. The summed E-state index contributed by atoms with van der Waals surface area (Å²) in [7, 11) is 0. The molecule has 16 heavy (non-hydrogen) atoms. The zero-order valence-electron chi connectivity index (χ0n) is 9.92. The van der Waals surface area contributed by atoms with Crippen LogP contribution in [0.5, 0.6) is 0 Å². The van der Waals surface area contributed by atoms with E-state index in [0.717, 1.165) is 19.4 Å². The van der Waals surface area contributed by atoms with Crippen molar-refractivity contribution in [1.82, 2.24) is 0 Å². The molecule has 0 fully saturated rings. The molecule has 0 radical (unpaired) electrons. The van der Waals surface area contributed by atoms with Gasteiger partial charge in [-0.2, -0.15) is 0 Å². The van der Waals surface area contributed by atoms with Crippen LogP contribution in [0.4, 0.5) is 4.39 Å². The Morgan fingerprint density at radius 1 is 0.812 bits per heavy atom. The van der Waals surface area contributed by atoms with E-state index in [1.807, 2.05) is 12.1 Å². The fourth-order valence-electron chi connectivity index (χ4n) is 1.83. The van der Waals surface area contributed by atoms with Gasteiger partial charge < -0.3 is 5.73 Å². The van der Waals surface area contributed by atoms with Crippen LogP contribution in [-0.4, -0.2) is 6.54 Å². The minimum absolute atomic E-state index is 0.148. The summed E-state index contributed by atoms with van der Waals surface area (Å²) in [6, 6.07) is 6.83. The molecule has 0 aromatic heterocycles. The van der Waals surface area contributed by atoms with Crippen molar-refractivity contribution < 1.29 is 4.39 Å². The molecule has 0 bridgehead atoms. The zero-order chi connectivity index (χ0) is 11.6. The van der Waals surface area contributed by atoms with Gasteiger partial charge in [-0.05, 0) is 43.5 Å². The van der Waals surface area contributed by atoms with Gasteiger partial charge in [0.05, 0.1) is 0 Å². The predicted molar refractivity (Wildman–Crippen MR) is 66.9 cm³/mol. The van der Waals surface area contributed by atoms with E-state index in [1.165, 1.54) is 49.8 Å². The lowest BCUT2D eigenvalue weighted by atomic mass is 10.0. The Bertz CT molecular complexity index is 269. The highest BCUT2D eigenvalue weighted by atomic mass is 19.1. The predicted octanol–water partition coefficient (Wildman–Crippen LogP) is 3.67. The summed E-state index contributed by atoms with van der Waals surface area (Å²) in [6.07, 6.45) is 8.53. The highest BCUT2D eigenvalue weighted by Crippen LogP contribution is 2.10. The number of hydrogen-bond acceptors (Lipinski definition) is 1. The van der Waals surface area contributed by atoms with Crippen LogP contribution in [-0.2, 0) is 6.42 Å². The fraction of sp³-hybridized carbons (Fsp3) is 0.571. The summed E-state index contributed by atoms with van der Waals surface area (Å²) >= 11 is 0. The van der Waals surface area contributed by atoms with Gasteiger partial charge in [0.1, 0.15) is 5.82 Å². The monoisotopic (exact) mass is 223 g/mol. The van der Waals surface area contributed by atoms with Gasteiger partial charge in [-0.25, -0.2) is 4.39 Å². The van der Waals surface area contributed by atoms with E-state index in [9.17, 15) is 4.39 Å². The lowest BCUT2D eigenvalue weighted by molar-refractivity contribution is 0.596. The van der Waals surface area contributed by atoms with Crippen molar-refractivity contribution in [3.05, 3.63) is 35.6 Å². The van der Waals surface area contributed by atoms with Crippen LogP contribution in [0.3, 0.4) is 0 Å². The first-order valence-corrected chi connectivity index (χ1v) is 6.27. The van der Waals surface area contributed by atoms with Crippen LogP contribution in [0, 0.1) is 5.82 Å². The highest BCUT2D eigenvalue weighted by Gasteiger charge is 1.95. The molecule has 2 heteroatoms. The first-order chi connectivity index (χ1) is 7.83. The number of hydrogen-bond donors (Lipinski definition) is 1. The van der Waals surface area contributed by atoms with Gasteiger partial charge in [0.2, 0.25) is 0 Å². The Labute approximate surface area is 97.9 Å². The molecule has 1 aromatic rings. The lowest BCUT2D eigenvalue weighted by Crippen LogP contribution is -1.97. The van der Waals surface area contributed by atoms with Gasteiger partial charge in [0, 0.05) is 0 Å². The van der Waals surface area contributed by atoms with Crippen molar-refractivity contribution in [3.8, 4) is 0 Å². The molecule has 2 N–H and O–H groups in total. The molecule has 1 aromatic carbocycles. The second-order valence-electron chi connectivity index (χ2n) is 4.29. The van der Waals surface area contributed by atoms with Crippen LogP contribution >= 0.6 is 0 Å². The highest BCUT2D eigenvalue weighted by molar-refractivity contribution is 5.15. The van der Waals surface area contributed by atoms with Crippen molar-refractivity contribution in [2.24, 2.45) is 5.73 Å². The van der Waals surface area contributed by atoms with Crippen LogP contribution < -0.4 is 5.73 Å². The molecular formula is C14H22FN. The summed E-state index contributed by atoms with van der Waals surface area (Å²) < 4.78 is 12.6. The standard InChI is InChI=1S/C14H22FN/c15-14-10-8-13(9-11-14)7-5-3-1-2-4-6-12-16/h8-11H,1-7,12,16H2. The van der Waals surface area contributed by atoms with E-state index in [0.29, 0.717) is 0 Å². The van der Waals surface area contributed by atoms with Gasteiger partial charge >= 0.3 is 0 Å². The second-order valence-corrected chi connectivity index (χ2v) is 4.29. The molecule has 0 spiro atoms. The normalized spacial score (nSPS) is 10.6. The molecule has 0 unspecified atom stereocenters. The molecule has 1 nitrogen and oxygen atoms in total. The van der Waals surface area contributed by atoms with E-state index in [1.54, 1.807) is 0 Å². The SMILES string of the molecule is NCCCCCCCCc1ccc(F)cc1. The maximum Gasteiger partial charge on any atom is 0.123 e. The summed E-state index contributed by atoms with van der Waals surface area (Å²) in [4.78, 5) is 0. The molecule has 90 valence electrons. The number of benzene rings is 1. The molecule has 0 aliphatic heterocycles. The first kappa shape index (κ1) is 13.2. The molecule has 0 aliphatic rings. The largest absolute Gasteiger partial charge is 0.330 e. The van der Waals surface area contributed by atoms with E-state index in [4.69, 9.17) is 5.73 Å². The van der Waals surface area contributed by atoms with Crippen LogP contribution in [0.2, 0.25) is 0 Å². The zero-order valence-corrected chi connectivity index (χ0v) is 9.92. The molecule has 0 atom stereocenters. The lowest BCUT2D eigenvalue weighted by Gasteiger charge is -2.02. The van der Waals surface area contributed by atoms with Gasteiger partial charge in [-0.3, -0.25) is 0 Å². The van der Waals surface area contributed by atoms with Crippen molar-refractivity contribution in [3.63, 3.8) is 0 Å². The van der Waals surface area contributed by atoms with Gasteiger partial charge in [0.25, 0.3) is 0 Å². The number of nitrogens with two attached hydrogens (primary N) is 1. The van der Waals surface area contributed by atoms with Gasteiger partial charge in [0.15, 0.2) is 0 Å². The quantitative estimate of drug-likeness (QED) is 0.669. The molecule has 0 saturated carbocycles. The Morgan fingerprint density at radius 2 is 1.38 bits per heavy atom. The third kappa shape index (κ3) is 5.86. The molecule has 0 heterocycles. The maximum absolute atomic E-state index is 12.6. The van der Waals surface area contributed by atoms with Crippen molar-refractivity contribution in [2.45, 2.75) is 44.9 Å². The average Bonchev–Trinajstić information content (AvgIpc) is 2.30. The van der Waals surface area contributed by atoms with Crippen LogP contribution in [0.1, 0.15) is 44.1 Å². The van der Waals surface area contributed by atoms with Crippen LogP contribution in [0.15, 0.2) is 24.3 Å². The Kier molecular flexibility index (Phi) is 6.82. The average molecular weight is 223 g/mol. The van der Waals surface area contributed by atoms with E-state index < -0.39 is 0 Å². The minimum Gasteiger partial charge on any atom is -0.330 e. The van der Waals surface area contributed by atoms with Gasteiger partial charge in [-0.1, -0.05) is 37.8 Å². The second kappa shape index (κ2) is 8.28. The third-order valence-corrected chi connectivity index (χ3v) is 2.83. The van der Waals surface area contributed by atoms with Crippen molar-refractivity contribution in [1.29, 1.82) is 0 Å². The van der Waals surface area contributed by atoms with Crippen LogP contribution in [0.25, 0.3) is 0 Å². The molecule has 1 rings (SSSR count). The Morgan fingerprint density at radius 3 is 2.00 bits per heavy atom. The molecule has 0 saturated heterocycles. The summed E-state index contributed by atoms with van der Waals surface area (Å²) in [5, 5.41) is 0. The number of aryl methyl sites for hydroxylation is 1. The summed E-state index contributed by atoms with van der Waals surface area (Å²) in [6.45, 7) is 0.815.